The van der Waals surface area contributed by atoms with Crippen molar-refractivity contribution in [1.29, 1.82) is 0 Å². The van der Waals surface area contributed by atoms with Crippen LogP contribution in [0.2, 0.25) is 0 Å². The van der Waals surface area contributed by atoms with Crippen LogP contribution in [0.1, 0.15) is 62.3 Å². The molecule has 2 aliphatic carbocycles. The Morgan fingerprint density at radius 1 is 1.08 bits per heavy atom. The van der Waals surface area contributed by atoms with Crippen molar-refractivity contribution in [2.75, 3.05) is 26.7 Å². The number of esters is 1. The number of carbonyl (C=O) groups excluding carboxylic acids is 2. The number of benzene rings is 3. The Hall–Kier alpha value is -4.51. The fourth-order valence-electron chi connectivity index (χ4n) is 9.55. The van der Waals surface area contributed by atoms with Crippen molar-refractivity contribution in [2.45, 2.75) is 88.4 Å². The minimum absolute atomic E-state index is 0.103. The second-order valence-corrected chi connectivity index (χ2v) is 14.8. The van der Waals surface area contributed by atoms with E-state index in [0.717, 1.165) is 30.6 Å². The summed E-state index contributed by atoms with van der Waals surface area (Å²) in [5.41, 5.74) is 2.16. The van der Waals surface area contributed by atoms with Gasteiger partial charge in [-0.3, -0.25) is 14.5 Å². The molecule has 0 N–H and O–H groups in total. The van der Waals surface area contributed by atoms with E-state index >= 15 is 0 Å². The highest BCUT2D eigenvalue weighted by atomic mass is 19.4. The van der Waals surface area contributed by atoms with Crippen LogP contribution >= 0.6 is 0 Å². The van der Waals surface area contributed by atoms with Gasteiger partial charge >= 0.3 is 12.3 Å². The van der Waals surface area contributed by atoms with Crippen LogP contribution in [0, 0.1) is 5.92 Å². The molecular weight excluding hydrogens is 673 g/mol. The van der Waals surface area contributed by atoms with E-state index in [0.29, 0.717) is 49.3 Å². The van der Waals surface area contributed by atoms with Gasteiger partial charge in [0.15, 0.2) is 11.5 Å². The zero-order valence-electron chi connectivity index (χ0n) is 29.9. The second-order valence-electron chi connectivity index (χ2n) is 14.8. The number of piperidine rings is 1. The summed E-state index contributed by atoms with van der Waals surface area (Å²) in [6.45, 7) is 7.55. The number of halogens is 3. The summed E-state index contributed by atoms with van der Waals surface area (Å²) in [5, 5.41) is 0. The maximum absolute atomic E-state index is 14.3. The lowest BCUT2D eigenvalue weighted by molar-refractivity contribution is -0.274. The number of rotatable bonds is 11. The molecule has 3 aromatic carbocycles. The first-order valence-electron chi connectivity index (χ1n) is 18.0. The maximum Gasteiger partial charge on any atom is 0.573 e. The number of hydrogen-bond acceptors (Lipinski definition) is 7. The minimum atomic E-state index is -4.83. The van der Waals surface area contributed by atoms with E-state index in [9.17, 15) is 22.8 Å². The number of amides is 1. The molecule has 1 amide bonds. The third-order valence-electron chi connectivity index (χ3n) is 11.3. The lowest BCUT2D eigenvalue weighted by Crippen LogP contribution is -2.79. The van der Waals surface area contributed by atoms with E-state index in [2.05, 4.69) is 27.8 Å². The van der Waals surface area contributed by atoms with Crippen LogP contribution in [0.15, 0.2) is 72.8 Å². The number of nitrogens with zero attached hydrogens (tertiary/aromatic N) is 2. The van der Waals surface area contributed by atoms with E-state index in [1.165, 1.54) is 42.8 Å². The number of ether oxygens (including phenoxy) is 4. The molecule has 4 aliphatic rings. The van der Waals surface area contributed by atoms with Crippen molar-refractivity contribution in [3.8, 4) is 17.2 Å². The Morgan fingerprint density at radius 2 is 1.87 bits per heavy atom. The van der Waals surface area contributed by atoms with Gasteiger partial charge in [-0.15, -0.1) is 13.2 Å². The molecular formula is C41H45F3N2O6. The molecule has 5 atom stereocenters. The normalized spacial score (nSPS) is 26.1. The highest BCUT2D eigenvalue weighted by Crippen LogP contribution is 2.67. The molecule has 0 radical (unpaired) electrons. The maximum atomic E-state index is 14.3. The molecule has 2 heterocycles. The third-order valence-corrected chi connectivity index (χ3v) is 11.3. The summed E-state index contributed by atoms with van der Waals surface area (Å²) in [4.78, 5) is 31.8. The van der Waals surface area contributed by atoms with E-state index in [1.54, 1.807) is 13.2 Å². The topological polar surface area (TPSA) is 77.5 Å². The van der Waals surface area contributed by atoms with Crippen molar-refractivity contribution < 1.29 is 41.7 Å². The summed E-state index contributed by atoms with van der Waals surface area (Å²) >= 11 is 0. The smallest absolute Gasteiger partial charge is 0.493 e. The van der Waals surface area contributed by atoms with Crippen LogP contribution < -0.4 is 14.2 Å². The van der Waals surface area contributed by atoms with E-state index < -0.39 is 23.5 Å². The molecule has 8 nitrogen and oxygen atoms in total. The number of hydrogen-bond donors (Lipinski definition) is 0. The lowest BCUT2D eigenvalue weighted by Gasteiger charge is -2.65. The van der Waals surface area contributed by atoms with Gasteiger partial charge in [-0.25, -0.2) is 0 Å². The van der Waals surface area contributed by atoms with Gasteiger partial charge in [0, 0.05) is 31.7 Å². The van der Waals surface area contributed by atoms with Crippen molar-refractivity contribution >= 4 is 18.0 Å². The Labute approximate surface area is 302 Å². The Bertz CT molecular complexity index is 1850. The first-order valence-corrected chi connectivity index (χ1v) is 18.0. The lowest BCUT2D eigenvalue weighted by atomic mass is 9.48. The third kappa shape index (κ3) is 6.31. The molecule has 11 heteroatoms. The fraction of sp³-hybridized carbons (Fsp3) is 0.463. The highest BCUT2D eigenvalue weighted by molar-refractivity contribution is 5.92. The monoisotopic (exact) mass is 718 g/mol. The molecule has 2 fully saturated rings. The number of carbonyl (C=O) groups is 2. The van der Waals surface area contributed by atoms with Crippen molar-refractivity contribution in [3.05, 3.63) is 95.1 Å². The first-order chi connectivity index (χ1) is 24.8. The molecule has 2 bridgehead atoms. The first kappa shape index (κ1) is 35.9. The molecule has 1 saturated heterocycles. The Balaban J connectivity index is 1.27. The quantitative estimate of drug-likeness (QED) is 0.154. The van der Waals surface area contributed by atoms with Gasteiger partial charge in [0.05, 0.1) is 24.6 Å². The molecule has 1 saturated carbocycles. The van der Waals surface area contributed by atoms with Crippen LogP contribution in [0.25, 0.3) is 6.08 Å². The minimum Gasteiger partial charge on any atom is -0.493 e. The second kappa shape index (κ2) is 13.8. The van der Waals surface area contributed by atoms with Crippen molar-refractivity contribution in [2.24, 2.45) is 5.92 Å². The molecule has 3 aromatic rings. The summed E-state index contributed by atoms with van der Waals surface area (Å²) in [7, 11) is 1.62. The predicted molar refractivity (Wildman–Crippen MR) is 189 cm³/mol. The number of likely N-dealkylation sites (tertiary alicyclic amines) is 1. The van der Waals surface area contributed by atoms with Crippen molar-refractivity contribution in [1.82, 2.24) is 9.80 Å². The SMILES string of the molecule is COc1ccc2c3c1O[C@H]1[C@H](N(CC(C)C)C(=O)C=Cc4cccc(OC(F)(F)F)c4)CC[C@@]4(OC(C)=O)[C@@H](C2)N(CCc2ccccc2)CC[C@]314. The average Bonchev–Trinajstić information content (AvgIpc) is 3.44. The van der Waals surface area contributed by atoms with Gasteiger partial charge in [-0.05, 0) is 85.5 Å². The Kier molecular flexibility index (Phi) is 9.52. The number of alkyl halides is 3. The highest BCUT2D eigenvalue weighted by Gasteiger charge is 2.75. The molecule has 1 spiro atoms. The van der Waals surface area contributed by atoms with Crippen LogP contribution in [0.4, 0.5) is 13.2 Å². The molecule has 0 unspecified atom stereocenters. The van der Waals surface area contributed by atoms with Crippen LogP contribution in [0.3, 0.4) is 0 Å². The fourth-order valence-corrected chi connectivity index (χ4v) is 9.55. The van der Waals surface area contributed by atoms with E-state index in [-0.39, 0.29) is 35.6 Å². The van der Waals surface area contributed by atoms with E-state index in [4.69, 9.17) is 14.2 Å². The zero-order chi connectivity index (χ0) is 36.8. The summed E-state index contributed by atoms with van der Waals surface area (Å²) in [6.07, 6.45) is 0.809. The van der Waals surface area contributed by atoms with Gasteiger partial charge in [0.25, 0.3) is 0 Å². The van der Waals surface area contributed by atoms with E-state index in [1.807, 2.05) is 43.0 Å². The molecule has 7 rings (SSSR count). The van der Waals surface area contributed by atoms with Gasteiger partial charge in [0.2, 0.25) is 5.91 Å². The molecule has 2 aliphatic heterocycles. The Morgan fingerprint density at radius 3 is 2.58 bits per heavy atom. The summed E-state index contributed by atoms with van der Waals surface area (Å²) in [6, 6.07) is 19.5. The summed E-state index contributed by atoms with van der Waals surface area (Å²) < 4.78 is 62.3. The average molecular weight is 719 g/mol. The van der Waals surface area contributed by atoms with Crippen LogP contribution in [-0.4, -0.2) is 78.6 Å². The van der Waals surface area contributed by atoms with Gasteiger partial charge in [-0.1, -0.05) is 62.4 Å². The van der Waals surface area contributed by atoms with Gasteiger partial charge in [0.1, 0.15) is 17.5 Å². The van der Waals surface area contributed by atoms with Crippen LogP contribution in [0.5, 0.6) is 17.2 Å². The van der Waals surface area contributed by atoms with Crippen LogP contribution in [-0.2, 0) is 32.6 Å². The number of methoxy groups -OCH3 is 1. The summed E-state index contributed by atoms with van der Waals surface area (Å²) in [5.74, 6) is 0.367. The zero-order valence-corrected chi connectivity index (χ0v) is 29.9. The van der Waals surface area contributed by atoms with Crippen molar-refractivity contribution in [3.63, 3.8) is 0 Å². The van der Waals surface area contributed by atoms with Gasteiger partial charge in [-0.2, -0.15) is 0 Å². The van der Waals surface area contributed by atoms with Gasteiger partial charge < -0.3 is 23.8 Å². The molecule has 276 valence electrons. The molecule has 0 aromatic heterocycles. The standard InChI is InChI=1S/C41H45F3N2O6/c1-26(2)25-46(35(48)16-13-29-11-8-12-31(23-29)52-41(42,43)44)32-17-19-40(51-27(3)47)34-24-30-14-15-33(49-4)37-36(30)39(40,38(32)50-37)20-22-45(34)21-18-28-9-6-5-7-10-28/h5-16,23,26,32,34,38H,17-22,24-25H2,1-4H3/t32-,34-,38+,39+,40-/m1/s1. The molecule has 52 heavy (non-hydrogen) atoms. The largest absolute Gasteiger partial charge is 0.573 e. The predicted octanol–water partition coefficient (Wildman–Crippen LogP) is 7.13.